The average Bonchev–Trinajstić information content (AvgIpc) is 3.92. The molecule has 0 unspecified atom stereocenters. The normalized spacial score (nSPS) is 11.9. The Morgan fingerprint density at radius 1 is 0.541 bits per heavy atom. The van der Waals surface area contributed by atoms with Crippen molar-refractivity contribution in [2.24, 2.45) is 10.2 Å². The van der Waals surface area contributed by atoms with Crippen molar-refractivity contribution in [1.82, 2.24) is 20.0 Å². The largest absolute Gasteiger partial charge is 0.488 e. The number of hydrazone groups is 2. The number of benzene rings is 4. The van der Waals surface area contributed by atoms with Crippen LogP contribution >= 0.6 is 11.3 Å². The average molecular weight is 839 g/mol. The minimum Gasteiger partial charge on any atom is -0.488 e. The molecule has 0 radical (unpaired) electrons. The van der Waals surface area contributed by atoms with Crippen LogP contribution in [-0.4, -0.2) is 46.6 Å². The number of thiophene rings is 1. The van der Waals surface area contributed by atoms with Crippen molar-refractivity contribution >= 4 is 79.2 Å². The third kappa shape index (κ3) is 9.83. The second-order valence-corrected chi connectivity index (χ2v) is 16.4. The number of aromatic nitrogens is 2. The maximum absolute atomic E-state index is 14.0. The molecule has 11 heteroatoms. The van der Waals surface area contributed by atoms with Gasteiger partial charge in [-0.25, -0.2) is 10.9 Å². The third-order valence-electron chi connectivity index (χ3n) is 11.2. The molecule has 0 atom stereocenters. The van der Waals surface area contributed by atoms with Crippen LogP contribution in [-0.2, 0) is 13.1 Å². The van der Waals surface area contributed by atoms with Crippen LogP contribution in [0.3, 0.4) is 0 Å². The van der Waals surface area contributed by atoms with Crippen LogP contribution in [0.2, 0.25) is 0 Å². The zero-order valence-corrected chi connectivity index (χ0v) is 36.8. The second-order valence-electron chi connectivity index (χ2n) is 15.4. The number of carbonyl (C=O) groups is 2. The van der Waals surface area contributed by atoms with Gasteiger partial charge in [-0.3, -0.25) is 9.59 Å². The van der Waals surface area contributed by atoms with Crippen molar-refractivity contribution in [2.75, 3.05) is 13.2 Å². The Hall–Kier alpha value is -5.94. The predicted molar refractivity (Wildman–Crippen MR) is 253 cm³/mol. The van der Waals surface area contributed by atoms with Crippen molar-refractivity contribution in [3.8, 4) is 11.5 Å². The summed E-state index contributed by atoms with van der Waals surface area (Å²) in [4.78, 5) is 28.4. The maximum Gasteiger partial charge on any atom is 0.285 e. The van der Waals surface area contributed by atoms with Crippen molar-refractivity contribution in [2.45, 2.75) is 105 Å². The number of ether oxygens (including phenoxy) is 2. The summed E-state index contributed by atoms with van der Waals surface area (Å²) >= 11 is 1.03. The van der Waals surface area contributed by atoms with E-state index in [4.69, 9.17) is 9.47 Å². The number of unbranched alkanes of at least 4 members (excludes halogenated alkanes) is 8. The Bertz CT molecular complexity index is 2490. The Morgan fingerprint density at radius 3 is 1.38 bits per heavy atom. The number of carbonyl (C=O) groups excluding carboxylic acids is 2. The molecule has 0 aliphatic heterocycles. The molecule has 7 aromatic rings. The Kier molecular flexibility index (Phi) is 14.9. The molecule has 0 aliphatic rings. The van der Waals surface area contributed by atoms with Gasteiger partial charge in [-0.15, -0.1) is 11.3 Å². The van der Waals surface area contributed by atoms with Crippen LogP contribution in [0.25, 0.3) is 43.6 Å². The lowest BCUT2D eigenvalue weighted by molar-refractivity contribution is 0.0945. The van der Waals surface area contributed by atoms with Gasteiger partial charge >= 0.3 is 0 Å². The summed E-state index contributed by atoms with van der Waals surface area (Å²) in [5.74, 6) is -0.438. The second kappa shape index (κ2) is 21.0. The van der Waals surface area contributed by atoms with Gasteiger partial charge in [0.15, 0.2) is 11.5 Å². The summed E-state index contributed by atoms with van der Waals surface area (Å²) < 4.78 is 17.3. The fourth-order valence-electron chi connectivity index (χ4n) is 8.14. The van der Waals surface area contributed by atoms with E-state index in [0.29, 0.717) is 13.2 Å². The SMILES string of the molecule is CCCCCCCOc1c(C(=O)N/N=C/c2ccc3c(c2)c2ccccc2n3CC)sc(C(=O)N/N=C/c2ccc3c(c2)c2ccccc2n3CC)c1OCCCCCCC. The molecule has 10 nitrogen and oxygen atoms in total. The van der Waals surface area contributed by atoms with E-state index >= 15 is 0 Å². The molecule has 4 aromatic carbocycles. The number of rotatable bonds is 22. The highest BCUT2D eigenvalue weighted by atomic mass is 32.1. The highest BCUT2D eigenvalue weighted by Gasteiger charge is 2.30. The lowest BCUT2D eigenvalue weighted by atomic mass is 10.1. The highest BCUT2D eigenvalue weighted by Crippen LogP contribution is 2.43. The van der Waals surface area contributed by atoms with Crippen molar-refractivity contribution in [3.63, 3.8) is 0 Å². The molecule has 0 saturated heterocycles. The number of aryl methyl sites for hydroxylation is 2. The van der Waals surface area contributed by atoms with Crippen LogP contribution in [0.1, 0.15) is 122 Å². The number of fused-ring (bicyclic) bond motifs is 6. The van der Waals surface area contributed by atoms with Crippen molar-refractivity contribution in [3.05, 3.63) is 106 Å². The fourth-order valence-corrected chi connectivity index (χ4v) is 9.11. The van der Waals surface area contributed by atoms with Gasteiger partial charge in [0.2, 0.25) is 0 Å². The Labute approximate surface area is 362 Å². The van der Waals surface area contributed by atoms with Crippen molar-refractivity contribution < 1.29 is 19.1 Å². The minimum absolute atomic E-state index is 0.222. The van der Waals surface area contributed by atoms with Gasteiger partial charge in [-0.2, -0.15) is 10.2 Å². The molecule has 0 saturated carbocycles. The molecule has 0 fully saturated rings. The van der Waals surface area contributed by atoms with Crippen LogP contribution < -0.4 is 20.3 Å². The van der Waals surface area contributed by atoms with Gasteiger partial charge in [-0.05, 0) is 74.2 Å². The number of nitrogens with one attached hydrogen (secondary N) is 2. The topological polar surface area (TPSA) is 111 Å². The molecule has 3 aromatic heterocycles. The van der Waals surface area contributed by atoms with Crippen LogP contribution in [0.4, 0.5) is 0 Å². The van der Waals surface area contributed by atoms with E-state index in [1.54, 1.807) is 12.4 Å². The molecule has 2 amide bonds. The van der Waals surface area contributed by atoms with Gasteiger partial charge in [-0.1, -0.05) is 114 Å². The minimum atomic E-state index is -0.485. The monoisotopic (exact) mass is 838 g/mol. The lowest BCUT2D eigenvalue weighted by Gasteiger charge is -2.12. The zero-order valence-electron chi connectivity index (χ0n) is 36.0. The lowest BCUT2D eigenvalue weighted by Crippen LogP contribution is -2.17. The molecule has 7 rings (SSSR count). The molecule has 2 N–H and O–H groups in total. The third-order valence-corrected chi connectivity index (χ3v) is 12.4. The number of nitrogens with zero attached hydrogens (tertiary/aromatic N) is 4. The molecular weight excluding hydrogens is 781 g/mol. The molecular formula is C50H58N6O4S. The summed E-state index contributed by atoms with van der Waals surface area (Å²) in [6, 6.07) is 29.1. The van der Waals surface area contributed by atoms with Crippen LogP contribution in [0.15, 0.2) is 95.1 Å². The fraction of sp³-hybridized carbons (Fsp3) is 0.360. The number of para-hydroxylation sites is 2. The number of amides is 2. The first kappa shape index (κ1) is 43.2. The maximum atomic E-state index is 14.0. The van der Waals surface area contributed by atoms with E-state index in [2.05, 4.69) is 119 Å². The van der Waals surface area contributed by atoms with E-state index in [9.17, 15) is 9.59 Å². The van der Waals surface area contributed by atoms with Gasteiger partial charge in [0, 0.05) is 56.7 Å². The molecule has 3 heterocycles. The number of hydrogen-bond donors (Lipinski definition) is 2. The highest BCUT2D eigenvalue weighted by molar-refractivity contribution is 7.16. The summed E-state index contributed by atoms with van der Waals surface area (Å²) in [5, 5.41) is 13.3. The summed E-state index contributed by atoms with van der Waals surface area (Å²) in [7, 11) is 0. The van der Waals surface area contributed by atoms with E-state index in [1.807, 2.05) is 24.3 Å². The molecule has 61 heavy (non-hydrogen) atoms. The van der Waals surface area contributed by atoms with Crippen molar-refractivity contribution in [1.29, 1.82) is 0 Å². The van der Waals surface area contributed by atoms with Gasteiger partial charge in [0.05, 0.1) is 25.6 Å². The van der Waals surface area contributed by atoms with E-state index in [0.717, 1.165) is 122 Å². The smallest absolute Gasteiger partial charge is 0.285 e. The van der Waals surface area contributed by atoms with Gasteiger partial charge < -0.3 is 18.6 Å². The predicted octanol–water partition coefficient (Wildman–Crippen LogP) is 12.2. The van der Waals surface area contributed by atoms with E-state index in [-0.39, 0.29) is 21.3 Å². The van der Waals surface area contributed by atoms with Crippen LogP contribution in [0, 0.1) is 0 Å². The standard InChI is InChI=1S/C50H58N6O4S/c1-5-9-11-13-19-29-59-45-46(60-30-20-14-12-10-6-2)48(50(58)54-52-34-36-26-28-44-40(32-36)38-22-16-18-24-42(38)56(44)8-4)61-47(45)49(57)53-51-33-35-25-27-43-39(31-35)37-21-15-17-23-41(37)55(43)7-3/h15-18,21-28,31-34H,5-14,19-20,29-30H2,1-4H3,(H,53,57)(H,54,58)/b51-33+,52-34+. The zero-order chi connectivity index (χ0) is 42.6. The van der Waals surface area contributed by atoms with Crippen LogP contribution in [0.5, 0.6) is 11.5 Å². The van der Waals surface area contributed by atoms with E-state index < -0.39 is 11.8 Å². The quantitative estimate of drug-likeness (QED) is 0.0402. The number of hydrogen-bond acceptors (Lipinski definition) is 7. The first-order valence-electron chi connectivity index (χ1n) is 22.1. The molecule has 0 spiro atoms. The molecule has 0 bridgehead atoms. The molecule has 318 valence electrons. The Balaban J connectivity index is 1.14. The van der Waals surface area contributed by atoms with Gasteiger partial charge in [0.1, 0.15) is 9.75 Å². The first-order chi connectivity index (χ1) is 30.0. The summed E-state index contributed by atoms with van der Waals surface area (Å²) in [6.45, 7) is 11.2. The summed E-state index contributed by atoms with van der Waals surface area (Å²) in [6.07, 6.45) is 13.7. The Morgan fingerprint density at radius 2 is 0.951 bits per heavy atom. The first-order valence-corrected chi connectivity index (χ1v) is 22.9. The summed E-state index contributed by atoms with van der Waals surface area (Å²) in [5.41, 5.74) is 11.8. The van der Waals surface area contributed by atoms with Gasteiger partial charge in [0.25, 0.3) is 11.8 Å². The van der Waals surface area contributed by atoms with E-state index in [1.165, 1.54) is 21.8 Å². The molecule has 0 aliphatic carbocycles.